The number of benzene rings is 2. The number of para-hydroxylation sites is 1. The lowest BCUT2D eigenvalue weighted by Gasteiger charge is -2.00. The number of ether oxygens (including phenoxy) is 1. The second-order valence-corrected chi connectivity index (χ2v) is 3.62. The summed E-state index contributed by atoms with van der Waals surface area (Å²) in [4.78, 5) is 0. The summed E-state index contributed by atoms with van der Waals surface area (Å²) in [5.74, 6) is 0.873. The molecule has 0 saturated carbocycles. The molecule has 86 valence electrons. The van der Waals surface area contributed by atoms with E-state index in [0.717, 1.165) is 17.0 Å². The van der Waals surface area contributed by atoms with E-state index >= 15 is 0 Å². The van der Waals surface area contributed by atoms with E-state index in [4.69, 9.17) is 4.74 Å². The van der Waals surface area contributed by atoms with Crippen molar-refractivity contribution in [3.8, 4) is 5.75 Å². The van der Waals surface area contributed by atoms with Gasteiger partial charge in [-0.2, -0.15) is 0 Å². The van der Waals surface area contributed by atoms with E-state index in [1.54, 1.807) is 7.11 Å². The molecule has 0 aliphatic rings. The van der Waals surface area contributed by atoms with Gasteiger partial charge in [0.25, 0.3) is 0 Å². The van der Waals surface area contributed by atoms with E-state index in [1.807, 2.05) is 66.9 Å². The van der Waals surface area contributed by atoms with Crippen LogP contribution in [0.3, 0.4) is 0 Å². The molecule has 0 bridgehead atoms. The van der Waals surface area contributed by atoms with Crippen molar-refractivity contribution >= 4 is 11.8 Å². The molecule has 0 atom stereocenters. The molecule has 2 aromatic carbocycles. The van der Waals surface area contributed by atoms with Gasteiger partial charge in [0, 0.05) is 11.9 Å². The summed E-state index contributed by atoms with van der Waals surface area (Å²) in [6, 6.07) is 18.0. The molecule has 17 heavy (non-hydrogen) atoms. The molecule has 0 aliphatic heterocycles. The highest BCUT2D eigenvalue weighted by atomic mass is 16.5. The fraction of sp³-hybridized carbons (Fsp3) is 0.0667. The maximum Gasteiger partial charge on any atom is 0.118 e. The Labute approximate surface area is 102 Å². The van der Waals surface area contributed by atoms with E-state index in [-0.39, 0.29) is 0 Å². The van der Waals surface area contributed by atoms with Gasteiger partial charge in [0.2, 0.25) is 0 Å². The van der Waals surface area contributed by atoms with Crippen LogP contribution in [0.5, 0.6) is 5.75 Å². The Kier molecular flexibility index (Phi) is 3.81. The van der Waals surface area contributed by atoms with Gasteiger partial charge < -0.3 is 10.1 Å². The van der Waals surface area contributed by atoms with Gasteiger partial charge in [0.05, 0.1) is 7.11 Å². The van der Waals surface area contributed by atoms with Gasteiger partial charge in [0.1, 0.15) is 5.75 Å². The predicted octanol–water partition coefficient (Wildman–Crippen LogP) is 3.78. The monoisotopic (exact) mass is 225 g/mol. The zero-order valence-corrected chi connectivity index (χ0v) is 9.76. The predicted molar refractivity (Wildman–Crippen MR) is 72.1 cm³/mol. The largest absolute Gasteiger partial charge is 0.497 e. The number of hydrogen-bond acceptors (Lipinski definition) is 2. The van der Waals surface area contributed by atoms with Crippen LogP contribution >= 0.6 is 0 Å². The van der Waals surface area contributed by atoms with Crippen molar-refractivity contribution in [1.29, 1.82) is 0 Å². The Bertz CT molecular complexity index is 474. The van der Waals surface area contributed by atoms with Crippen LogP contribution in [-0.2, 0) is 0 Å². The van der Waals surface area contributed by atoms with E-state index in [2.05, 4.69) is 5.32 Å². The number of anilines is 1. The van der Waals surface area contributed by atoms with Crippen molar-refractivity contribution in [1.82, 2.24) is 0 Å². The zero-order valence-electron chi connectivity index (χ0n) is 9.76. The van der Waals surface area contributed by atoms with E-state index < -0.39 is 0 Å². The molecule has 0 heterocycles. The SMILES string of the molecule is COc1ccc(/C=C/Nc2ccccc2)cc1. The van der Waals surface area contributed by atoms with Crippen molar-refractivity contribution in [2.75, 3.05) is 12.4 Å². The number of rotatable bonds is 4. The van der Waals surface area contributed by atoms with Crippen LogP contribution in [0.4, 0.5) is 5.69 Å². The summed E-state index contributed by atoms with van der Waals surface area (Å²) >= 11 is 0. The minimum Gasteiger partial charge on any atom is -0.497 e. The molecule has 0 amide bonds. The molecular formula is C15H15NO. The molecule has 0 saturated heterocycles. The van der Waals surface area contributed by atoms with Crippen molar-refractivity contribution < 1.29 is 4.74 Å². The fourth-order valence-corrected chi connectivity index (χ4v) is 1.48. The smallest absolute Gasteiger partial charge is 0.118 e. The molecule has 0 fully saturated rings. The molecule has 0 aromatic heterocycles. The number of nitrogens with one attached hydrogen (secondary N) is 1. The van der Waals surface area contributed by atoms with Gasteiger partial charge in [-0.1, -0.05) is 30.3 Å². The van der Waals surface area contributed by atoms with Crippen molar-refractivity contribution in [2.24, 2.45) is 0 Å². The maximum absolute atomic E-state index is 5.10. The second-order valence-electron chi connectivity index (χ2n) is 3.62. The lowest BCUT2D eigenvalue weighted by Crippen LogP contribution is -1.86. The summed E-state index contributed by atoms with van der Waals surface area (Å²) in [5, 5.41) is 3.21. The first-order valence-corrected chi connectivity index (χ1v) is 5.51. The van der Waals surface area contributed by atoms with Crippen LogP contribution in [0.1, 0.15) is 5.56 Å². The van der Waals surface area contributed by atoms with Crippen LogP contribution in [0.15, 0.2) is 60.8 Å². The molecule has 1 N–H and O–H groups in total. The minimum absolute atomic E-state index is 0.873. The minimum atomic E-state index is 0.873. The molecule has 2 aromatic rings. The quantitative estimate of drug-likeness (QED) is 0.855. The molecule has 2 heteroatoms. The number of methoxy groups -OCH3 is 1. The molecule has 0 unspecified atom stereocenters. The topological polar surface area (TPSA) is 21.3 Å². The summed E-state index contributed by atoms with van der Waals surface area (Å²) < 4.78 is 5.10. The first kappa shape index (κ1) is 11.3. The lowest BCUT2D eigenvalue weighted by atomic mass is 10.2. The Morgan fingerprint density at radius 1 is 0.941 bits per heavy atom. The van der Waals surface area contributed by atoms with E-state index in [9.17, 15) is 0 Å². The van der Waals surface area contributed by atoms with Gasteiger partial charge >= 0.3 is 0 Å². The third-order valence-electron chi connectivity index (χ3n) is 2.42. The molecule has 0 aliphatic carbocycles. The van der Waals surface area contributed by atoms with Crippen LogP contribution < -0.4 is 10.1 Å². The highest BCUT2D eigenvalue weighted by Gasteiger charge is 1.89. The van der Waals surface area contributed by atoms with Crippen LogP contribution in [-0.4, -0.2) is 7.11 Å². The van der Waals surface area contributed by atoms with Gasteiger partial charge in [-0.15, -0.1) is 0 Å². The van der Waals surface area contributed by atoms with Gasteiger partial charge in [0.15, 0.2) is 0 Å². The highest BCUT2D eigenvalue weighted by molar-refractivity contribution is 5.55. The summed E-state index contributed by atoms with van der Waals surface area (Å²) in [6.07, 6.45) is 3.95. The van der Waals surface area contributed by atoms with Crippen molar-refractivity contribution in [3.63, 3.8) is 0 Å². The molecular weight excluding hydrogens is 210 g/mol. The Morgan fingerprint density at radius 3 is 2.29 bits per heavy atom. The lowest BCUT2D eigenvalue weighted by molar-refractivity contribution is 0.415. The van der Waals surface area contributed by atoms with Crippen LogP contribution in [0.25, 0.3) is 6.08 Å². The standard InChI is InChI=1S/C15H15NO/c1-17-15-9-7-13(8-10-15)11-12-16-14-5-3-2-4-6-14/h2-12,16H,1H3/b12-11+. The summed E-state index contributed by atoms with van der Waals surface area (Å²) in [7, 11) is 1.67. The van der Waals surface area contributed by atoms with Crippen molar-refractivity contribution in [2.45, 2.75) is 0 Å². The average Bonchev–Trinajstić information content (AvgIpc) is 2.41. The van der Waals surface area contributed by atoms with Crippen LogP contribution in [0.2, 0.25) is 0 Å². The Balaban J connectivity index is 1.96. The van der Waals surface area contributed by atoms with Gasteiger partial charge in [-0.25, -0.2) is 0 Å². The third kappa shape index (κ3) is 3.38. The Morgan fingerprint density at radius 2 is 1.65 bits per heavy atom. The zero-order chi connectivity index (χ0) is 11.9. The molecule has 2 rings (SSSR count). The second kappa shape index (κ2) is 5.75. The fourth-order valence-electron chi connectivity index (χ4n) is 1.48. The molecule has 0 radical (unpaired) electrons. The number of hydrogen-bond donors (Lipinski definition) is 1. The molecule has 0 spiro atoms. The van der Waals surface area contributed by atoms with Crippen molar-refractivity contribution in [3.05, 3.63) is 66.4 Å². The summed E-state index contributed by atoms with van der Waals surface area (Å²) in [5.41, 5.74) is 2.21. The average molecular weight is 225 g/mol. The van der Waals surface area contributed by atoms with E-state index in [1.165, 1.54) is 0 Å². The summed E-state index contributed by atoms with van der Waals surface area (Å²) in [6.45, 7) is 0. The normalized spacial score (nSPS) is 10.4. The first-order chi connectivity index (χ1) is 8.38. The van der Waals surface area contributed by atoms with E-state index in [0.29, 0.717) is 0 Å². The molecule has 2 nitrogen and oxygen atoms in total. The maximum atomic E-state index is 5.10. The Hall–Kier alpha value is -2.22. The van der Waals surface area contributed by atoms with Crippen LogP contribution in [0, 0.1) is 0 Å². The highest BCUT2D eigenvalue weighted by Crippen LogP contribution is 2.12. The third-order valence-corrected chi connectivity index (χ3v) is 2.42. The first-order valence-electron chi connectivity index (χ1n) is 5.51. The van der Waals surface area contributed by atoms with Gasteiger partial charge in [-0.3, -0.25) is 0 Å². The van der Waals surface area contributed by atoms with Gasteiger partial charge in [-0.05, 0) is 35.9 Å².